The van der Waals surface area contributed by atoms with Gasteiger partial charge >= 0.3 is 5.97 Å². The van der Waals surface area contributed by atoms with Gasteiger partial charge in [-0.2, -0.15) is 0 Å². The summed E-state index contributed by atoms with van der Waals surface area (Å²) in [4.78, 5) is 16.3. The zero-order chi connectivity index (χ0) is 17.3. The first-order valence-electron chi connectivity index (χ1n) is 7.02. The maximum atomic E-state index is 12.0. The number of methoxy groups -OCH3 is 2. The number of carbonyl (C=O) groups is 1. The van der Waals surface area contributed by atoms with Crippen LogP contribution in [0.4, 0.5) is 0 Å². The predicted molar refractivity (Wildman–Crippen MR) is 88.6 cm³/mol. The molecule has 0 radical (unpaired) electrons. The Morgan fingerprint density at radius 2 is 2.04 bits per heavy atom. The quantitative estimate of drug-likeness (QED) is 0.624. The van der Waals surface area contributed by atoms with E-state index in [4.69, 9.17) is 30.2 Å². The fourth-order valence-electron chi connectivity index (χ4n) is 2.31. The smallest absolute Gasteiger partial charge is 0.363 e. The molecule has 6 nitrogen and oxygen atoms in total. The third-order valence-electron chi connectivity index (χ3n) is 3.47. The van der Waals surface area contributed by atoms with E-state index in [1.807, 2.05) is 0 Å². The van der Waals surface area contributed by atoms with Crippen molar-refractivity contribution in [2.45, 2.75) is 6.92 Å². The van der Waals surface area contributed by atoms with Crippen LogP contribution in [0.15, 0.2) is 39.6 Å². The maximum absolute atomic E-state index is 12.0. The summed E-state index contributed by atoms with van der Waals surface area (Å²) in [6.45, 7) is 1.77. The molecule has 0 saturated carbocycles. The van der Waals surface area contributed by atoms with Gasteiger partial charge in [0, 0.05) is 0 Å². The molecule has 0 fully saturated rings. The van der Waals surface area contributed by atoms with Crippen LogP contribution in [0, 0.1) is 6.92 Å². The van der Waals surface area contributed by atoms with E-state index in [1.54, 1.807) is 31.2 Å². The molecular formula is C17H14ClNO5. The second kappa shape index (κ2) is 6.41. The van der Waals surface area contributed by atoms with Gasteiger partial charge in [-0.05, 0) is 36.8 Å². The second-order valence-electron chi connectivity index (χ2n) is 4.96. The Hall–Kier alpha value is -2.73. The molecule has 2 aromatic rings. The molecule has 1 aliphatic rings. The standard InChI is InChI=1S/C17H14ClNO5/c1-9-11(4-5-23-9)16-19-13(17(20)24-16)7-10-6-12(18)15(22-3)14(8-10)21-2/h4-8H,1-3H3. The van der Waals surface area contributed by atoms with Gasteiger partial charge in [-0.3, -0.25) is 0 Å². The number of aryl methyl sites for hydroxylation is 1. The first-order chi connectivity index (χ1) is 11.5. The maximum Gasteiger partial charge on any atom is 0.363 e. The minimum atomic E-state index is -0.545. The number of hydrogen-bond acceptors (Lipinski definition) is 6. The topological polar surface area (TPSA) is 70.3 Å². The fourth-order valence-corrected chi connectivity index (χ4v) is 2.61. The zero-order valence-corrected chi connectivity index (χ0v) is 14.0. The van der Waals surface area contributed by atoms with Gasteiger partial charge in [0.2, 0.25) is 5.90 Å². The van der Waals surface area contributed by atoms with Crippen LogP contribution in [-0.2, 0) is 9.53 Å². The van der Waals surface area contributed by atoms with Crippen LogP contribution in [0.1, 0.15) is 16.9 Å². The third-order valence-corrected chi connectivity index (χ3v) is 3.75. The summed E-state index contributed by atoms with van der Waals surface area (Å²) in [5.74, 6) is 1.17. The number of hydrogen-bond donors (Lipinski definition) is 0. The number of cyclic esters (lactones) is 1. The molecule has 0 aliphatic carbocycles. The molecule has 0 bridgehead atoms. The number of rotatable bonds is 4. The van der Waals surface area contributed by atoms with Gasteiger partial charge in [0.1, 0.15) is 5.76 Å². The molecule has 2 heterocycles. The molecule has 0 unspecified atom stereocenters. The van der Waals surface area contributed by atoms with Gasteiger partial charge in [-0.15, -0.1) is 0 Å². The summed E-state index contributed by atoms with van der Waals surface area (Å²) in [7, 11) is 3.01. The molecule has 1 aliphatic heterocycles. The average Bonchev–Trinajstić information content (AvgIpc) is 3.13. The largest absolute Gasteiger partial charge is 0.493 e. The van der Waals surface area contributed by atoms with E-state index in [9.17, 15) is 4.79 Å². The fraction of sp³-hybridized carbons (Fsp3) is 0.176. The number of nitrogens with zero attached hydrogens (tertiary/aromatic N) is 1. The van der Waals surface area contributed by atoms with E-state index < -0.39 is 5.97 Å². The summed E-state index contributed by atoms with van der Waals surface area (Å²) < 4.78 is 20.8. The molecule has 0 saturated heterocycles. The van der Waals surface area contributed by atoms with Crippen molar-refractivity contribution in [3.63, 3.8) is 0 Å². The molecule has 124 valence electrons. The van der Waals surface area contributed by atoms with Gasteiger partial charge < -0.3 is 18.6 Å². The first kappa shape index (κ1) is 16.1. The molecular weight excluding hydrogens is 334 g/mol. The van der Waals surface area contributed by atoms with Crippen molar-refractivity contribution in [3.8, 4) is 11.5 Å². The number of carbonyl (C=O) groups excluding carboxylic acids is 1. The molecule has 24 heavy (non-hydrogen) atoms. The Labute approximate surface area is 143 Å². The molecule has 0 spiro atoms. The van der Waals surface area contributed by atoms with Gasteiger partial charge in [0.05, 0.1) is 31.1 Å². The van der Waals surface area contributed by atoms with Gasteiger partial charge in [-0.25, -0.2) is 9.79 Å². The van der Waals surface area contributed by atoms with E-state index in [1.165, 1.54) is 20.5 Å². The highest BCUT2D eigenvalue weighted by atomic mass is 35.5. The lowest BCUT2D eigenvalue weighted by molar-refractivity contribution is -0.129. The molecule has 3 rings (SSSR count). The van der Waals surface area contributed by atoms with Crippen molar-refractivity contribution in [1.29, 1.82) is 0 Å². The minimum absolute atomic E-state index is 0.161. The highest BCUT2D eigenvalue weighted by Crippen LogP contribution is 2.37. The van der Waals surface area contributed by atoms with Crippen molar-refractivity contribution < 1.29 is 23.4 Å². The van der Waals surface area contributed by atoms with Crippen molar-refractivity contribution in [3.05, 3.63) is 52.1 Å². The van der Waals surface area contributed by atoms with E-state index in [2.05, 4.69) is 4.99 Å². The van der Waals surface area contributed by atoms with Crippen molar-refractivity contribution >= 4 is 29.5 Å². The van der Waals surface area contributed by atoms with Crippen molar-refractivity contribution in [2.75, 3.05) is 14.2 Å². The van der Waals surface area contributed by atoms with Gasteiger partial charge in [0.25, 0.3) is 0 Å². The summed E-state index contributed by atoms with van der Waals surface area (Å²) in [5, 5.41) is 0.366. The Bertz CT molecular complexity index is 866. The Kier molecular flexibility index (Phi) is 4.31. The number of furan rings is 1. The molecule has 0 amide bonds. The van der Waals surface area contributed by atoms with Crippen molar-refractivity contribution in [2.24, 2.45) is 4.99 Å². The van der Waals surface area contributed by atoms with Crippen LogP contribution in [0.2, 0.25) is 5.02 Å². The zero-order valence-electron chi connectivity index (χ0n) is 13.3. The Balaban J connectivity index is 1.99. The van der Waals surface area contributed by atoms with Crippen LogP contribution in [0.25, 0.3) is 6.08 Å². The van der Waals surface area contributed by atoms with E-state index in [0.717, 1.165) is 0 Å². The number of halogens is 1. The van der Waals surface area contributed by atoms with Gasteiger partial charge in [0.15, 0.2) is 17.2 Å². The summed E-state index contributed by atoms with van der Waals surface area (Å²) in [5.41, 5.74) is 1.43. The van der Waals surface area contributed by atoms with E-state index in [-0.39, 0.29) is 11.6 Å². The minimum Gasteiger partial charge on any atom is -0.493 e. The highest BCUT2D eigenvalue weighted by Gasteiger charge is 2.26. The monoisotopic (exact) mass is 347 g/mol. The average molecular weight is 348 g/mol. The second-order valence-corrected chi connectivity index (χ2v) is 5.37. The molecule has 0 N–H and O–H groups in total. The van der Waals surface area contributed by atoms with Crippen LogP contribution in [0.5, 0.6) is 11.5 Å². The molecule has 1 aromatic carbocycles. The van der Waals surface area contributed by atoms with Crippen LogP contribution in [0.3, 0.4) is 0 Å². The number of benzene rings is 1. The number of aliphatic imine (C=N–C) groups is 1. The Morgan fingerprint density at radius 3 is 2.67 bits per heavy atom. The first-order valence-corrected chi connectivity index (χ1v) is 7.40. The normalized spacial score (nSPS) is 15.4. The number of ether oxygens (including phenoxy) is 3. The van der Waals surface area contributed by atoms with Crippen LogP contribution in [-0.4, -0.2) is 26.1 Å². The lowest BCUT2D eigenvalue weighted by Gasteiger charge is -2.10. The Morgan fingerprint density at radius 1 is 1.25 bits per heavy atom. The summed E-state index contributed by atoms with van der Waals surface area (Å²) >= 11 is 6.17. The molecule has 1 aromatic heterocycles. The van der Waals surface area contributed by atoms with Crippen LogP contribution >= 0.6 is 11.6 Å². The van der Waals surface area contributed by atoms with E-state index in [0.29, 0.717) is 33.4 Å². The summed E-state index contributed by atoms with van der Waals surface area (Å²) in [6.07, 6.45) is 3.08. The lowest BCUT2D eigenvalue weighted by Crippen LogP contribution is -2.05. The molecule has 0 atom stereocenters. The van der Waals surface area contributed by atoms with Crippen LogP contribution < -0.4 is 9.47 Å². The predicted octanol–water partition coefficient (Wildman–Crippen LogP) is 3.60. The van der Waals surface area contributed by atoms with Crippen molar-refractivity contribution in [1.82, 2.24) is 0 Å². The lowest BCUT2D eigenvalue weighted by atomic mass is 10.1. The summed E-state index contributed by atoms with van der Waals surface area (Å²) in [6, 6.07) is 5.04. The third kappa shape index (κ3) is 2.88. The SMILES string of the molecule is COc1cc(C=C2N=C(c3ccoc3C)OC2=O)cc(Cl)c1OC. The highest BCUT2D eigenvalue weighted by molar-refractivity contribution is 6.32. The molecule has 7 heteroatoms. The number of esters is 1. The van der Waals surface area contributed by atoms with E-state index >= 15 is 0 Å². The van der Waals surface area contributed by atoms with Gasteiger partial charge in [-0.1, -0.05) is 11.6 Å².